The zero-order chi connectivity index (χ0) is 18.1. The molecule has 0 bridgehead atoms. The van der Waals surface area contributed by atoms with Gasteiger partial charge >= 0.3 is 0 Å². The standard InChI is InChI=1S/C20H24N2O3/c1-16-8-10-18(11-9-16)14-22(17(2)23)13-12-21-20(24)15-25-19-6-4-3-5-7-19/h3-11H,12-15H2,1-2H3,(H,21,24). The van der Waals surface area contributed by atoms with Crippen molar-refractivity contribution in [1.29, 1.82) is 0 Å². The third kappa shape index (κ3) is 6.67. The van der Waals surface area contributed by atoms with Crippen molar-refractivity contribution in [3.8, 4) is 5.75 Å². The Morgan fingerprint density at radius 2 is 1.72 bits per heavy atom. The number of nitrogens with zero attached hydrogens (tertiary/aromatic N) is 1. The molecule has 2 aromatic carbocycles. The molecular formula is C20H24N2O3. The van der Waals surface area contributed by atoms with Crippen molar-refractivity contribution < 1.29 is 14.3 Å². The molecule has 0 aliphatic rings. The van der Waals surface area contributed by atoms with Crippen LogP contribution in [0.2, 0.25) is 0 Å². The molecule has 5 nitrogen and oxygen atoms in total. The van der Waals surface area contributed by atoms with E-state index in [4.69, 9.17) is 4.74 Å². The van der Waals surface area contributed by atoms with Crippen LogP contribution in [-0.2, 0) is 16.1 Å². The number of ether oxygens (including phenoxy) is 1. The molecule has 2 rings (SSSR count). The summed E-state index contributed by atoms with van der Waals surface area (Å²) in [5, 5.41) is 2.78. The van der Waals surface area contributed by atoms with E-state index in [0.29, 0.717) is 25.4 Å². The topological polar surface area (TPSA) is 58.6 Å². The monoisotopic (exact) mass is 340 g/mol. The smallest absolute Gasteiger partial charge is 0.258 e. The van der Waals surface area contributed by atoms with E-state index in [1.807, 2.05) is 49.4 Å². The van der Waals surface area contributed by atoms with Gasteiger partial charge in [0.1, 0.15) is 5.75 Å². The second-order valence-corrected chi connectivity index (χ2v) is 5.88. The van der Waals surface area contributed by atoms with Crippen LogP contribution in [0.15, 0.2) is 54.6 Å². The van der Waals surface area contributed by atoms with Gasteiger partial charge in [0.25, 0.3) is 5.91 Å². The Kier molecular flexibility index (Phi) is 7.01. The van der Waals surface area contributed by atoms with Crippen LogP contribution < -0.4 is 10.1 Å². The van der Waals surface area contributed by atoms with Crippen LogP contribution in [0.4, 0.5) is 0 Å². The number of nitrogens with one attached hydrogen (secondary N) is 1. The molecule has 0 aromatic heterocycles. The maximum Gasteiger partial charge on any atom is 0.258 e. The first-order chi connectivity index (χ1) is 12.0. The van der Waals surface area contributed by atoms with Gasteiger partial charge in [0.2, 0.25) is 5.91 Å². The summed E-state index contributed by atoms with van der Waals surface area (Å²) in [5.41, 5.74) is 2.25. The predicted molar refractivity (Wildman–Crippen MR) is 97.2 cm³/mol. The van der Waals surface area contributed by atoms with Gasteiger partial charge in [-0.15, -0.1) is 0 Å². The third-order valence-electron chi connectivity index (χ3n) is 3.76. The van der Waals surface area contributed by atoms with E-state index in [1.54, 1.807) is 17.0 Å². The summed E-state index contributed by atoms with van der Waals surface area (Å²) < 4.78 is 5.39. The lowest BCUT2D eigenvalue weighted by molar-refractivity contribution is -0.130. The Bertz CT molecular complexity index is 684. The fraction of sp³-hybridized carbons (Fsp3) is 0.300. The molecule has 0 saturated heterocycles. The van der Waals surface area contributed by atoms with Crippen molar-refractivity contribution in [2.45, 2.75) is 20.4 Å². The largest absolute Gasteiger partial charge is 0.484 e. The molecule has 132 valence electrons. The summed E-state index contributed by atoms with van der Waals surface area (Å²) in [5.74, 6) is 0.431. The van der Waals surface area contributed by atoms with E-state index in [1.165, 1.54) is 12.5 Å². The lowest BCUT2D eigenvalue weighted by Crippen LogP contribution is -2.38. The first-order valence-corrected chi connectivity index (χ1v) is 8.30. The number of aryl methyl sites for hydroxylation is 1. The van der Waals surface area contributed by atoms with Crippen molar-refractivity contribution in [3.63, 3.8) is 0 Å². The number of para-hydroxylation sites is 1. The van der Waals surface area contributed by atoms with Crippen LogP contribution in [0.25, 0.3) is 0 Å². The maximum atomic E-state index is 11.8. The van der Waals surface area contributed by atoms with Crippen molar-refractivity contribution in [2.75, 3.05) is 19.7 Å². The zero-order valence-corrected chi connectivity index (χ0v) is 14.7. The molecule has 0 radical (unpaired) electrons. The maximum absolute atomic E-state index is 11.8. The molecular weight excluding hydrogens is 316 g/mol. The molecule has 2 aromatic rings. The highest BCUT2D eigenvalue weighted by Gasteiger charge is 2.10. The number of rotatable bonds is 8. The molecule has 0 unspecified atom stereocenters. The fourth-order valence-electron chi connectivity index (χ4n) is 2.31. The summed E-state index contributed by atoms with van der Waals surface area (Å²) in [4.78, 5) is 25.3. The number of benzene rings is 2. The summed E-state index contributed by atoms with van der Waals surface area (Å²) in [7, 11) is 0. The summed E-state index contributed by atoms with van der Waals surface area (Å²) in [6.45, 7) is 4.91. The molecule has 0 aliphatic heterocycles. The van der Waals surface area contributed by atoms with Crippen molar-refractivity contribution in [2.24, 2.45) is 0 Å². The Balaban J connectivity index is 1.74. The van der Waals surface area contributed by atoms with Gasteiger partial charge < -0.3 is 15.0 Å². The van der Waals surface area contributed by atoms with Crippen LogP contribution in [-0.4, -0.2) is 36.4 Å². The summed E-state index contributed by atoms with van der Waals surface area (Å²) >= 11 is 0. The van der Waals surface area contributed by atoms with E-state index in [9.17, 15) is 9.59 Å². The molecule has 0 fully saturated rings. The second kappa shape index (κ2) is 9.47. The quantitative estimate of drug-likeness (QED) is 0.803. The fourth-order valence-corrected chi connectivity index (χ4v) is 2.31. The minimum Gasteiger partial charge on any atom is -0.484 e. The Hall–Kier alpha value is -2.82. The average molecular weight is 340 g/mol. The van der Waals surface area contributed by atoms with E-state index >= 15 is 0 Å². The average Bonchev–Trinajstić information content (AvgIpc) is 2.61. The molecule has 25 heavy (non-hydrogen) atoms. The van der Waals surface area contributed by atoms with Crippen molar-refractivity contribution in [3.05, 3.63) is 65.7 Å². The van der Waals surface area contributed by atoms with Gasteiger partial charge in [-0.3, -0.25) is 9.59 Å². The van der Waals surface area contributed by atoms with Gasteiger partial charge in [0.15, 0.2) is 6.61 Å². The molecule has 5 heteroatoms. The highest BCUT2D eigenvalue weighted by molar-refractivity contribution is 5.77. The SMILES string of the molecule is CC(=O)N(CCNC(=O)COc1ccccc1)Cc1ccc(C)cc1. The zero-order valence-electron chi connectivity index (χ0n) is 14.7. The van der Waals surface area contributed by atoms with E-state index in [0.717, 1.165) is 5.56 Å². The van der Waals surface area contributed by atoms with Gasteiger partial charge in [0, 0.05) is 26.6 Å². The van der Waals surface area contributed by atoms with Crippen LogP contribution in [0, 0.1) is 6.92 Å². The second-order valence-electron chi connectivity index (χ2n) is 5.88. The van der Waals surface area contributed by atoms with Crippen molar-refractivity contribution in [1.82, 2.24) is 10.2 Å². The van der Waals surface area contributed by atoms with E-state index in [2.05, 4.69) is 5.32 Å². The van der Waals surface area contributed by atoms with Crippen LogP contribution in [0.5, 0.6) is 5.75 Å². The van der Waals surface area contributed by atoms with E-state index in [-0.39, 0.29) is 18.4 Å². The lowest BCUT2D eigenvalue weighted by Gasteiger charge is -2.21. The number of hydrogen-bond donors (Lipinski definition) is 1. The minimum absolute atomic E-state index is 0.0182. The van der Waals surface area contributed by atoms with Gasteiger partial charge in [-0.25, -0.2) is 0 Å². The molecule has 0 atom stereocenters. The van der Waals surface area contributed by atoms with Gasteiger partial charge in [0.05, 0.1) is 0 Å². The Morgan fingerprint density at radius 1 is 1.04 bits per heavy atom. The normalized spacial score (nSPS) is 10.2. The lowest BCUT2D eigenvalue weighted by atomic mass is 10.1. The minimum atomic E-state index is -0.206. The van der Waals surface area contributed by atoms with Crippen LogP contribution >= 0.6 is 0 Å². The number of amides is 2. The summed E-state index contributed by atoms with van der Waals surface area (Å²) in [6.07, 6.45) is 0. The van der Waals surface area contributed by atoms with Crippen molar-refractivity contribution >= 4 is 11.8 Å². The Morgan fingerprint density at radius 3 is 2.36 bits per heavy atom. The molecule has 0 heterocycles. The first kappa shape index (κ1) is 18.5. The van der Waals surface area contributed by atoms with Gasteiger partial charge in [-0.2, -0.15) is 0 Å². The number of carbonyl (C=O) groups is 2. The number of carbonyl (C=O) groups excluding carboxylic acids is 2. The predicted octanol–water partition coefficient (Wildman–Crippen LogP) is 2.54. The highest BCUT2D eigenvalue weighted by atomic mass is 16.5. The van der Waals surface area contributed by atoms with Gasteiger partial charge in [-0.05, 0) is 24.6 Å². The van der Waals surface area contributed by atoms with Gasteiger partial charge in [-0.1, -0.05) is 48.0 Å². The first-order valence-electron chi connectivity index (χ1n) is 8.30. The molecule has 0 spiro atoms. The molecule has 0 aliphatic carbocycles. The third-order valence-corrected chi connectivity index (χ3v) is 3.76. The Labute approximate surface area is 148 Å². The molecule has 0 saturated carbocycles. The highest BCUT2D eigenvalue weighted by Crippen LogP contribution is 2.08. The molecule has 2 amide bonds. The van der Waals surface area contributed by atoms with Crippen LogP contribution in [0.1, 0.15) is 18.1 Å². The van der Waals surface area contributed by atoms with Crippen LogP contribution in [0.3, 0.4) is 0 Å². The summed E-state index contributed by atoms with van der Waals surface area (Å²) in [6, 6.07) is 17.3. The number of hydrogen-bond acceptors (Lipinski definition) is 3. The van der Waals surface area contributed by atoms with E-state index < -0.39 is 0 Å². The molecule has 1 N–H and O–H groups in total.